The molecule has 31 heavy (non-hydrogen) atoms. The van der Waals surface area contributed by atoms with E-state index in [9.17, 15) is 0 Å². The van der Waals surface area contributed by atoms with Gasteiger partial charge in [-0.25, -0.2) is 0 Å². The number of rotatable bonds is 26. The van der Waals surface area contributed by atoms with Gasteiger partial charge >= 0.3 is 0 Å². The molecule has 0 aliphatic rings. The van der Waals surface area contributed by atoms with E-state index in [-0.39, 0.29) is 0 Å². The second-order valence-corrected chi connectivity index (χ2v) is 10.7. The van der Waals surface area contributed by atoms with Gasteiger partial charge in [0.25, 0.3) is 0 Å². The smallest absolute Gasteiger partial charge is 0.130 e. The number of nitrogens with two attached hydrogens (primary N) is 1. The monoisotopic (exact) mass is 472 g/mol. The molecule has 0 spiro atoms. The van der Waals surface area contributed by atoms with Crippen molar-refractivity contribution in [3.05, 3.63) is 0 Å². The van der Waals surface area contributed by atoms with Gasteiger partial charge in [0.1, 0.15) is 4.32 Å². The molecular weight excluding hydrogens is 416 g/mol. The number of hydrogen-bond acceptors (Lipinski definition) is 2. The van der Waals surface area contributed by atoms with Crippen LogP contribution in [0.2, 0.25) is 0 Å². The van der Waals surface area contributed by atoms with Crippen molar-refractivity contribution in [2.75, 3.05) is 13.1 Å². The highest BCUT2D eigenvalue weighted by Crippen LogP contribution is 2.15. The third kappa shape index (κ3) is 30.2. The van der Waals surface area contributed by atoms with Crippen LogP contribution >= 0.6 is 24.8 Å². The fourth-order valence-electron chi connectivity index (χ4n) is 4.35. The predicted octanol–water partition coefficient (Wildman–Crippen LogP) is 9.11. The highest BCUT2D eigenvalue weighted by molar-refractivity contribution is 8.11. The van der Waals surface area contributed by atoms with Gasteiger partial charge < -0.3 is 11.1 Å². The van der Waals surface area contributed by atoms with Gasteiger partial charge in [-0.3, -0.25) is 0 Å². The Kier molecular flexibility index (Phi) is 28.4. The molecule has 0 amide bonds. The van der Waals surface area contributed by atoms with Crippen molar-refractivity contribution in [2.45, 2.75) is 154 Å². The lowest BCUT2D eigenvalue weighted by Crippen LogP contribution is -2.17. The minimum atomic E-state index is 0.627. The third-order valence-electron chi connectivity index (χ3n) is 6.41. The molecule has 0 heterocycles. The summed E-state index contributed by atoms with van der Waals surface area (Å²) in [5, 5.41) is 3.11. The van der Waals surface area contributed by atoms with Crippen molar-refractivity contribution in [3.8, 4) is 0 Å². The number of hydrogen-bond donors (Lipinski definition) is 3. The second kappa shape index (κ2) is 28.2. The molecule has 0 aromatic heterocycles. The summed E-state index contributed by atoms with van der Waals surface area (Å²) in [5.74, 6) is 0. The molecule has 0 atom stereocenters. The quantitative estimate of drug-likeness (QED) is 0.0667. The summed E-state index contributed by atoms with van der Waals surface area (Å²) in [6, 6.07) is 0. The molecule has 0 saturated carbocycles. The third-order valence-corrected chi connectivity index (χ3v) is 6.71. The van der Waals surface area contributed by atoms with Gasteiger partial charge in [-0.1, -0.05) is 153 Å². The summed E-state index contributed by atoms with van der Waals surface area (Å²) in [7, 11) is 0. The Balaban J connectivity index is 3.00. The first-order valence-corrected chi connectivity index (χ1v) is 14.8. The molecule has 186 valence electrons. The van der Waals surface area contributed by atoms with Crippen molar-refractivity contribution in [1.29, 1.82) is 0 Å². The molecule has 0 aliphatic carbocycles. The maximum absolute atomic E-state index is 5.53. The molecule has 0 fully saturated rings. The molecule has 3 N–H and O–H groups in total. The standard InChI is InChI=1S/C27H56N2S2/c28-25-23-21-19-17-15-13-11-9-7-5-3-1-2-4-6-8-10-12-14-16-18-20-22-24-26-29-27(30)31/h1-26,28H2,(H2,29,30,31). The maximum atomic E-state index is 5.53. The van der Waals surface area contributed by atoms with Gasteiger partial charge in [0, 0.05) is 6.54 Å². The Morgan fingerprint density at radius 1 is 0.452 bits per heavy atom. The van der Waals surface area contributed by atoms with Gasteiger partial charge in [0.05, 0.1) is 0 Å². The van der Waals surface area contributed by atoms with E-state index in [0.717, 1.165) is 13.1 Å². The maximum Gasteiger partial charge on any atom is 0.130 e. The highest BCUT2D eigenvalue weighted by atomic mass is 32.1. The van der Waals surface area contributed by atoms with E-state index in [0.29, 0.717) is 4.32 Å². The summed E-state index contributed by atoms with van der Waals surface area (Å²) in [5.41, 5.74) is 5.53. The summed E-state index contributed by atoms with van der Waals surface area (Å²) in [6.45, 7) is 1.85. The molecule has 0 aromatic carbocycles. The van der Waals surface area contributed by atoms with Gasteiger partial charge in [-0.15, -0.1) is 12.6 Å². The van der Waals surface area contributed by atoms with Crippen molar-refractivity contribution >= 4 is 29.2 Å². The van der Waals surface area contributed by atoms with E-state index in [4.69, 9.17) is 18.0 Å². The van der Waals surface area contributed by atoms with E-state index < -0.39 is 0 Å². The highest BCUT2D eigenvalue weighted by Gasteiger charge is 1.96. The van der Waals surface area contributed by atoms with Crippen LogP contribution in [0.5, 0.6) is 0 Å². The van der Waals surface area contributed by atoms with Crippen molar-refractivity contribution in [2.24, 2.45) is 5.73 Å². The average molecular weight is 473 g/mol. The Hall–Kier alpha value is 0.200. The Bertz CT molecular complexity index is 350. The molecule has 0 aromatic rings. The van der Waals surface area contributed by atoms with Gasteiger partial charge in [-0.2, -0.15) is 0 Å². The first-order valence-electron chi connectivity index (χ1n) is 13.9. The van der Waals surface area contributed by atoms with Crippen LogP contribution < -0.4 is 11.1 Å². The van der Waals surface area contributed by atoms with Crippen LogP contribution in [0.15, 0.2) is 0 Å². The minimum Gasteiger partial charge on any atom is -0.371 e. The largest absolute Gasteiger partial charge is 0.371 e. The average Bonchev–Trinajstić information content (AvgIpc) is 2.76. The summed E-state index contributed by atoms with van der Waals surface area (Å²) in [6.07, 6.45) is 34.0. The van der Waals surface area contributed by atoms with Crippen molar-refractivity contribution in [3.63, 3.8) is 0 Å². The molecule has 2 nitrogen and oxygen atoms in total. The lowest BCUT2D eigenvalue weighted by Gasteiger charge is -2.05. The fraction of sp³-hybridized carbons (Fsp3) is 0.963. The number of thiocarbonyl (C=S) groups is 1. The Morgan fingerprint density at radius 3 is 0.903 bits per heavy atom. The van der Waals surface area contributed by atoms with Gasteiger partial charge in [0.15, 0.2) is 0 Å². The van der Waals surface area contributed by atoms with Crippen molar-refractivity contribution in [1.82, 2.24) is 5.32 Å². The topological polar surface area (TPSA) is 38.0 Å². The second-order valence-electron chi connectivity index (χ2n) is 9.51. The van der Waals surface area contributed by atoms with Crippen LogP contribution in [-0.4, -0.2) is 17.4 Å². The summed E-state index contributed by atoms with van der Waals surface area (Å²) >= 11 is 8.96. The molecule has 0 aliphatic heterocycles. The van der Waals surface area contributed by atoms with Crippen LogP contribution in [0.1, 0.15) is 154 Å². The lowest BCUT2D eigenvalue weighted by molar-refractivity contribution is 0.516. The van der Waals surface area contributed by atoms with E-state index in [1.165, 1.54) is 154 Å². The molecule has 0 unspecified atom stereocenters. The zero-order valence-corrected chi connectivity index (χ0v) is 22.5. The first-order chi connectivity index (χ1) is 15.3. The van der Waals surface area contributed by atoms with Gasteiger partial charge in [-0.05, 0) is 19.4 Å². The van der Waals surface area contributed by atoms with Gasteiger partial charge in [0.2, 0.25) is 0 Å². The van der Waals surface area contributed by atoms with Crippen LogP contribution in [0.3, 0.4) is 0 Å². The molecule has 4 heteroatoms. The normalized spacial score (nSPS) is 11.2. The van der Waals surface area contributed by atoms with Crippen LogP contribution in [0.25, 0.3) is 0 Å². The Morgan fingerprint density at radius 2 is 0.677 bits per heavy atom. The van der Waals surface area contributed by atoms with E-state index in [2.05, 4.69) is 17.9 Å². The SMILES string of the molecule is NCCCCCCCCCCCCCCCCCCCCCCCCCCNC(=S)S. The lowest BCUT2D eigenvalue weighted by atomic mass is 10.0. The fourth-order valence-corrected chi connectivity index (χ4v) is 4.57. The summed E-state index contributed by atoms with van der Waals surface area (Å²) in [4.78, 5) is 0. The number of thiol groups is 1. The number of nitrogens with one attached hydrogen (secondary N) is 1. The van der Waals surface area contributed by atoms with E-state index >= 15 is 0 Å². The summed E-state index contributed by atoms with van der Waals surface area (Å²) < 4.78 is 0.627. The van der Waals surface area contributed by atoms with Crippen LogP contribution in [-0.2, 0) is 0 Å². The molecular formula is C27H56N2S2. The predicted molar refractivity (Wildman–Crippen MR) is 149 cm³/mol. The van der Waals surface area contributed by atoms with Crippen molar-refractivity contribution < 1.29 is 0 Å². The van der Waals surface area contributed by atoms with E-state index in [1.54, 1.807) is 0 Å². The van der Waals surface area contributed by atoms with E-state index in [1.807, 2.05) is 0 Å². The first kappa shape index (κ1) is 31.2. The molecule has 0 bridgehead atoms. The van der Waals surface area contributed by atoms with Crippen LogP contribution in [0.4, 0.5) is 0 Å². The zero-order valence-electron chi connectivity index (χ0n) is 20.8. The molecule has 0 radical (unpaired) electrons. The minimum absolute atomic E-state index is 0.627. The zero-order chi connectivity index (χ0) is 22.7. The number of unbranched alkanes of at least 4 members (excludes halogenated alkanes) is 23. The molecule has 0 saturated heterocycles. The van der Waals surface area contributed by atoms with Crippen LogP contribution in [0, 0.1) is 0 Å². The Labute approximate surface area is 207 Å². The molecule has 0 rings (SSSR count).